The zero-order valence-electron chi connectivity index (χ0n) is 18.4. The second kappa shape index (κ2) is 10.4. The second-order valence-electron chi connectivity index (χ2n) is 7.83. The quantitative estimate of drug-likeness (QED) is 0.305. The van der Waals surface area contributed by atoms with E-state index in [9.17, 15) is 23.1 Å². The standard InChI is InChI=1S/C21H26F3N7O2S/c1-28-18(31-6-4-11(9-25)5-7-31)15(10-26)29-19(33)16-17(27)34-20(30-16)13-3-2-12(32)8-14(13)21(22,23)24/h2-3,8,10-11,15,26,32H,4-7,9,25,27H2,1H3,(H,29,33). The van der Waals surface area contributed by atoms with Crippen LogP contribution >= 0.6 is 11.3 Å². The van der Waals surface area contributed by atoms with Gasteiger partial charge >= 0.3 is 6.18 Å². The second-order valence-corrected chi connectivity index (χ2v) is 8.86. The maximum absolute atomic E-state index is 13.5. The van der Waals surface area contributed by atoms with Gasteiger partial charge in [0.05, 0.1) is 5.56 Å². The van der Waals surface area contributed by atoms with E-state index in [1.807, 2.05) is 4.90 Å². The summed E-state index contributed by atoms with van der Waals surface area (Å²) in [4.78, 5) is 23.2. The van der Waals surface area contributed by atoms with Crippen molar-refractivity contribution >= 4 is 34.3 Å². The summed E-state index contributed by atoms with van der Waals surface area (Å²) < 4.78 is 40.4. The first-order valence-corrected chi connectivity index (χ1v) is 11.3. The van der Waals surface area contributed by atoms with Crippen molar-refractivity contribution in [2.24, 2.45) is 16.6 Å². The fraction of sp³-hybridized carbons (Fsp3) is 0.429. The van der Waals surface area contributed by atoms with Crippen molar-refractivity contribution < 1.29 is 23.1 Å². The van der Waals surface area contributed by atoms with Crippen LogP contribution < -0.4 is 16.8 Å². The number of aromatic nitrogens is 1. The number of carbonyl (C=O) groups is 1. The number of phenolic OH excluding ortho intramolecular Hbond substituents is 1. The minimum Gasteiger partial charge on any atom is -0.508 e. The lowest BCUT2D eigenvalue weighted by Gasteiger charge is -2.35. The highest BCUT2D eigenvalue weighted by molar-refractivity contribution is 7.19. The van der Waals surface area contributed by atoms with Gasteiger partial charge in [-0.25, -0.2) is 4.98 Å². The minimum atomic E-state index is -4.74. The number of rotatable bonds is 6. The number of hydrogen-bond donors (Lipinski definition) is 5. The zero-order valence-corrected chi connectivity index (χ0v) is 19.2. The molecule has 0 spiro atoms. The van der Waals surface area contributed by atoms with Crippen LogP contribution in [0.3, 0.4) is 0 Å². The molecule has 1 unspecified atom stereocenters. The van der Waals surface area contributed by atoms with Gasteiger partial charge in [-0.2, -0.15) is 13.2 Å². The van der Waals surface area contributed by atoms with E-state index in [0.29, 0.717) is 37.5 Å². The van der Waals surface area contributed by atoms with Crippen molar-refractivity contribution in [2.45, 2.75) is 25.1 Å². The fourth-order valence-electron chi connectivity index (χ4n) is 3.83. The summed E-state index contributed by atoms with van der Waals surface area (Å²) in [6.07, 6.45) is -1.98. The number of hydrogen-bond acceptors (Lipinski definition) is 8. The smallest absolute Gasteiger partial charge is 0.417 e. The van der Waals surface area contributed by atoms with Gasteiger partial charge in [-0.1, -0.05) is 11.3 Å². The molecule has 2 aromatic rings. The SMILES string of the molecule is CN=C(C(C=N)NC(=O)c1nc(-c2ccc(O)cc2C(F)(F)F)sc1N)N1CCC(CN)CC1. The Kier molecular flexibility index (Phi) is 7.77. The van der Waals surface area contributed by atoms with Crippen LogP contribution in [0.15, 0.2) is 23.2 Å². The average molecular weight is 498 g/mol. The molecule has 1 amide bonds. The Hall–Kier alpha value is -3.19. The molecular weight excluding hydrogens is 471 g/mol. The number of nitrogen functional groups attached to an aromatic ring is 1. The molecule has 0 saturated carbocycles. The summed E-state index contributed by atoms with van der Waals surface area (Å²) in [5.74, 6) is -0.379. The van der Waals surface area contributed by atoms with Crippen molar-refractivity contribution in [2.75, 3.05) is 32.4 Å². The summed E-state index contributed by atoms with van der Waals surface area (Å²) in [7, 11) is 1.56. The number of thiazole rings is 1. The highest BCUT2D eigenvalue weighted by Gasteiger charge is 2.35. The van der Waals surface area contributed by atoms with Gasteiger partial charge in [-0.15, -0.1) is 0 Å². The van der Waals surface area contributed by atoms with Gasteiger partial charge < -0.3 is 32.2 Å². The van der Waals surface area contributed by atoms with Crippen molar-refractivity contribution in [1.29, 1.82) is 5.41 Å². The number of amides is 1. The predicted octanol–water partition coefficient (Wildman–Crippen LogP) is 2.56. The first-order chi connectivity index (χ1) is 16.1. The normalized spacial score (nSPS) is 16.4. The monoisotopic (exact) mass is 497 g/mol. The first-order valence-electron chi connectivity index (χ1n) is 10.5. The van der Waals surface area contributed by atoms with E-state index >= 15 is 0 Å². The molecule has 2 heterocycles. The van der Waals surface area contributed by atoms with E-state index in [1.165, 1.54) is 0 Å². The van der Waals surface area contributed by atoms with Gasteiger partial charge in [-0.3, -0.25) is 9.79 Å². The molecule has 1 aliphatic heterocycles. The van der Waals surface area contributed by atoms with Gasteiger partial charge in [0.15, 0.2) is 5.69 Å². The Bertz CT molecular complexity index is 1080. The molecule has 34 heavy (non-hydrogen) atoms. The molecule has 1 aromatic heterocycles. The number of amidine groups is 1. The molecule has 1 saturated heterocycles. The lowest BCUT2D eigenvalue weighted by molar-refractivity contribution is -0.137. The molecule has 3 rings (SSSR count). The van der Waals surface area contributed by atoms with E-state index in [2.05, 4.69) is 15.3 Å². The van der Waals surface area contributed by atoms with Gasteiger partial charge in [0.2, 0.25) is 0 Å². The number of piperidine rings is 1. The number of nitrogens with zero attached hydrogens (tertiary/aromatic N) is 3. The molecule has 0 radical (unpaired) electrons. The average Bonchev–Trinajstić information content (AvgIpc) is 3.20. The van der Waals surface area contributed by atoms with E-state index in [0.717, 1.165) is 42.5 Å². The Labute approximate surface area is 198 Å². The molecule has 0 aliphatic carbocycles. The summed E-state index contributed by atoms with van der Waals surface area (Å²) in [6.45, 7) is 1.96. The predicted molar refractivity (Wildman–Crippen MR) is 125 cm³/mol. The van der Waals surface area contributed by atoms with Crippen LogP contribution in [-0.4, -0.2) is 65.7 Å². The van der Waals surface area contributed by atoms with Crippen molar-refractivity contribution in [1.82, 2.24) is 15.2 Å². The molecule has 9 nitrogen and oxygen atoms in total. The van der Waals surface area contributed by atoms with Crippen LogP contribution in [0.2, 0.25) is 0 Å². The number of nitrogens with two attached hydrogens (primary N) is 2. The molecule has 184 valence electrons. The van der Waals surface area contributed by atoms with Crippen LogP contribution in [0, 0.1) is 11.3 Å². The molecule has 13 heteroatoms. The molecule has 1 atom stereocenters. The maximum atomic E-state index is 13.5. The van der Waals surface area contributed by atoms with E-state index in [1.54, 1.807) is 7.05 Å². The zero-order chi connectivity index (χ0) is 25.0. The summed E-state index contributed by atoms with van der Waals surface area (Å²) in [6, 6.07) is 1.90. The molecule has 1 aliphatic rings. The Morgan fingerprint density at radius 1 is 1.44 bits per heavy atom. The van der Waals surface area contributed by atoms with Crippen LogP contribution in [-0.2, 0) is 6.18 Å². The third-order valence-electron chi connectivity index (χ3n) is 5.64. The Balaban J connectivity index is 1.83. The third-order valence-corrected chi connectivity index (χ3v) is 6.56. The third kappa shape index (κ3) is 5.47. The maximum Gasteiger partial charge on any atom is 0.417 e. The topological polar surface area (TPSA) is 154 Å². The number of aliphatic imine (C=N–C) groups is 1. The number of aromatic hydroxyl groups is 1. The van der Waals surface area contributed by atoms with Gasteiger partial charge in [0, 0.05) is 31.9 Å². The number of carbonyl (C=O) groups excluding carboxylic acids is 1. The van der Waals surface area contributed by atoms with E-state index < -0.39 is 29.4 Å². The van der Waals surface area contributed by atoms with E-state index in [-0.39, 0.29) is 21.3 Å². The van der Waals surface area contributed by atoms with Crippen LogP contribution in [0.4, 0.5) is 18.2 Å². The fourth-order valence-corrected chi connectivity index (χ4v) is 4.70. The van der Waals surface area contributed by atoms with Crippen molar-refractivity contribution in [3.05, 3.63) is 29.5 Å². The van der Waals surface area contributed by atoms with E-state index in [4.69, 9.17) is 16.9 Å². The van der Waals surface area contributed by atoms with Gasteiger partial charge in [0.25, 0.3) is 5.91 Å². The molecule has 1 fully saturated rings. The van der Waals surface area contributed by atoms with Crippen LogP contribution in [0.1, 0.15) is 28.9 Å². The number of alkyl halides is 3. The Morgan fingerprint density at radius 3 is 2.68 bits per heavy atom. The highest BCUT2D eigenvalue weighted by atomic mass is 32.1. The molecule has 0 bridgehead atoms. The summed E-state index contributed by atoms with van der Waals surface area (Å²) in [5, 5.41) is 19.7. The van der Waals surface area contributed by atoms with Gasteiger partial charge in [-0.05, 0) is 43.5 Å². The van der Waals surface area contributed by atoms with Gasteiger partial charge in [0.1, 0.15) is 27.6 Å². The summed E-state index contributed by atoms with van der Waals surface area (Å²) in [5.41, 5.74) is 10.0. The number of anilines is 1. The number of nitrogens with one attached hydrogen (secondary N) is 2. The number of phenols is 1. The van der Waals surface area contributed by atoms with Crippen LogP contribution in [0.25, 0.3) is 10.6 Å². The first kappa shape index (κ1) is 25.4. The van der Waals surface area contributed by atoms with Crippen molar-refractivity contribution in [3.63, 3.8) is 0 Å². The molecule has 7 N–H and O–H groups in total. The highest BCUT2D eigenvalue weighted by Crippen LogP contribution is 2.41. The lowest BCUT2D eigenvalue weighted by Crippen LogP contribution is -2.52. The minimum absolute atomic E-state index is 0.0730. The van der Waals surface area contributed by atoms with Crippen LogP contribution in [0.5, 0.6) is 5.75 Å². The Morgan fingerprint density at radius 2 is 2.12 bits per heavy atom. The largest absolute Gasteiger partial charge is 0.508 e. The molecule has 1 aromatic carbocycles. The molecular formula is C21H26F3N7O2S. The van der Waals surface area contributed by atoms with Crippen molar-refractivity contribution in [3.8, 4) is 16.3 Å². The summed E-state index contributed by atoms with van der Waals surface area (Å²) >= 11 is 0.726. The lowest BCUT2D eigenvalue weighted by atomic mass is 9.96. The number of likely N-dealkylation sites (tertiary alicyclic amines) is 1. The number of halogens is 3. The number of benzene rings is 1.